The second-order valence-corrected chi connectivity index (χ2v) is 4.40. The van der Waals surface area contributed by atoms with E-state index in [-0.39, 0.29) is 0 Å². The summed E-state index contributed by atoms with van der Waals surface area (Å²) >= 11 is 0. The molecule has 13 heavy (non-hydrogen) atoms. The quantitative estimate of drug-likeness (QED) is 0.488. The van der Waals surface area contributed by atoms with E-state index >= 15 is 0 Å². The Morgan fingerprint density at radius 3 is 1.46 bits per heavy atom. The van der Waals surface area contributed by atoms with Crippen LogP contribution in [0.25, 0.3) is 0 Å². The first kappa shape index (κ1) is 13.1. The highest BCUT2D eigenvalue weighted by atomic mass is 28.3. The minimum atomic E-state index is -0.611. The molecule has 0 radical (unpaired) electrons. The van der Waals surface area contributed by atoms with Crippen molar-refractivity contribution in [2.24, 2.45) is 0 Å². The van der Waals surface area contributed by atoms with Crippen molar-refractivity contribution in [2.45, 2.75) is 52.4 Å². The van der Waals surface area contributed by atoms with Gasteiger partial charge in [-0.3, -0.25) is 0 Å². The topological polar surface area (TPSA) is 18.5 Å². The minimum absolute atomic E-state index is 0.611. The van der Waals surface area contributed by atoms with Crippen molar-refractivity contribution >= 4 is 10.0 Å². The lowest BCUT2D eigenvalue weighted by molar-refractivity contribution is 0.222. The van der Waals surface area contributed by atoms with Crippen molar-refractivity contribution in [3.05, 3.63) is 0 Å². The molecule has 0 unspecified atom stereocenters. The molecule has 1 aliphatic carbocycles. The van der Waals surface area contributed by atoms with E-state index in [4.69, 9.17) is 8.85 Å². The Balaban J connectivity index is 0.000000293. The molecule has 0 aromatic rings. The van der Waals surface area contributed by atoms with Gasteiger partial charge in [-0.05, 0) is 12.8 Å². The smallest absolute Gasteiger partial charge is 0.304 e. The molecule has 0 spiro atoms. The molecule has 0 amide bonds. The summed E-state index contributed by atoms with van der Waals surface area (Å²) in [5.41, 5.74) is 0. The molecule has 80 valence electrons. The van der Waals surface area contributed by atoms with Crippen molar-refractivity contribution in [3.63, 3.8) is 0 Å². The normalized spacial score (nSPS) is 14.3. The molecule has 0 heterocycles. The summed E-state index contributed by atoms with van der Waals surface area (Å²) < 4.78 is 10.4. The van der Waals surface area contributed by atoms with Crippen LogP contribution in [0.2, 0.25) is 0 Å². The van der Waals surface area contributed by atoms with E-state index in [0.717, 1.165) is 26.1 Å². The third kappa shape index (κ3) is 12.1. The van der Waals surface area contributed by atoms with Crippen molar-refractivity contribution in [1.29, 1.82) is 0 Å². The van der Waals surface area contributed by atoms with Gasteiger partial charge in [0.1, 0.15) is 0 Å². The third-order valence-electron chi connectivity index (χ3n) is 1.86. The van der Waals surface area contributed by atoms with Crippen LogP contribution in [0.1, 0.15) is 52.4 Å². The highest BCUT2D eigenvalue weighted by molar-refractivity contribution is 6.17. The van der Waals surface area contributed by atoms with Crippen LogP contribution in [0.5, 0.6) is 0 Å². The fourth-order valence-corrected chi connectivity index (χ4v) is 1.65. The van der Waals surface area contributed by atoms with Crippen LogP contribution in [0, 0.1) is 0 Å². The van der Waals surface area contributed by atoms with Crippen LogP contribution in [0.4, 0.5) is 0 Å². The monoisotopic (exact) mass is 204 g/mol. The largest absolute Gasteiger partial charge is 0.399 e. The Hall–Kier alpha value is 0.137. The Morgan fingerprint density at radius 1 is 0.846 bits per heavy atom. The van der Waals surface area contributed by atoms with Gasteiger partial charge < -0.3 is 8.85 Å². The van der Waals surface area contributed by atoms with E-state index in [1.807, 2.05) is 0 Å². The average Bonchev–Trinajstić information content (AvgIpc) is 2.01. The van der Waals surface area contributed by atoms with Crippen molar-refractivity contribution in [2.75, 3.05) is 13.2 Å². The van der Waals surface area contributed by atoms with Crippen LogP contribution >= 0.6 is 0 Å². The molecule has 2 nitrogen and oxygen atoms in total. The molecule has 0 N–H and O–H groups in total. The van der Waals surface area contributed by atoms with Gasteiger partial charge in [-0.1, -0.05) is 39.5 Å². The summed E-state index contributed by atoms with van der Waals surface area (Å²) in [7, 11) is -0.611. The van der Waals surface area contributed by atoms with E-state index in [2.05, 4.69) is 13.8 Å². The van der Waals surface area contributed by atoms with Gasteiger partial charge >= 0.3 is 10.0 Å². The Kier molecular flexibility index (Phi) is 12.3. The number of hydrogen-bond acceptors (Lipinski definition) is 2. The van der Waals surface area contributed by atoms with Crippen molar-refractivity contribution in [3.8, 4) is 0 Å². The lowest BCUT2D eigenvalue weighted by atomic mass is 10.0. The summed E-state index contributed by atoms with van der Waals surface area (Å²) in [6.07, 6.45) is 8.20. The van der Waals surface area contributed by atoms with Gasteiger partial charge in [0.25, 0.3) is 0 Å². The first-order chi connectivity index (χ1) is 6.41. The maximum atomic E-state index is 5.20. The first-order valence-corrected chi connectivity index (χ1v) is 6.72. The maximum absolute atomic E-state index is 5.20. The van der Waals surface area contributed by atoms with Gasteiger partial charge in [0.15, 0.2) is 0 Å². The standard InChI is InChI=1S/C6H16O2Si.C4H8/c1-3-5-7-9-8-6-4-2;1-2-4-3-1/h3-6,9H2,1-2H3;1-4H2. The van der Waals surface area contributed by atoms with Gasteiger partial charge in [0, 0.05) is 13.2 Å². The lowest BCUT2D eigenvalue weighted by Gasteiger charge is -2.05. The Labute approximate surface area is 85.1 Å². The summed E-state index contributed by atoms with van der Waals surface area (Å²) in [5.74, 6) is 0. The summed E-state index contributed by atoms with van der Waals surface area (Å²) in [5, 5.41) is 0. The molecule has 0 aromatic heterocycles. The molecule has 0 aromatic carbocycles. The van der Waals surface area contributed by atoms with Crippen LogP contribution in [0.3, 0.4) is 0 Å². The van der Waals surface area contributed by atoms with Gasteiger partial charge in [0.2, 0.25) is 0 Å². The second-order valence-electron chi connectivity index (χ2n) is 3.35. The molecule has 0 aliphatic heterocycles. The Morgan fingerprint density at radius 2 is 1.23 bits per heavy atom. The molecule has 3 heteroatoms. The van der Waals surface area contributed by atoms with Crippen LogP contribution < -0.4 is 0 Å². The molecular formula is C10H24O2Si. The summed E-state index contributed by atoms with van der Waals surface area (Å²) in [6.45, 7) is 5.95. The first-order valence-electron chi connectivity index (χ1n) is 5.57. The summed E-state index contributed by atoms with van der Waals surface area (Å²) in [6, 6.07) is 0. The van der Waals surface area contributed by atoms with Crippen molar-refractivity contribution in [1.82, 2.24) is 0 Å². The van der Waals surface area contributed by atoms with Crippen LogP contribution in [0.15, 0.2) is 0 Å². The second kappa shape index (κ2) is 12.1. The van der Waals surface area contributed by atoms with Gasteiger partial charge in [-0.25, -0.2) is 0 Å². The molecule has 0 atom stereocenters. The zero-order chi connectivity index (χ0) is 9.78. The predicted molar refractivity (Wildman–Crippen MR) is 59.5 cm³/mol. The van der Waals surface area contributed by atoms with Crippen LogP contribution in [-0.2, 0) is 8.85 Å². The molecule has 1 aliphatic rings. The highest BCUT2D eigenvalue weighted by Gasteiger charge is 1.95. The molecule has 0 bridgehead atoms. The van der Waals surface area contributed by atoms with Gasteiger partial charge in [-0.15, -0.1) is 0 Å². The minimum Gasteiger partial charge on any atom is -0.399 e. The maximum Gasteiger partial charge on any atom is 0.304 e. The molecule has 1 fully saturated rings. The zero-order valence-electron chi connectivity index (χ0n) is 9.18. The van der Waals surface area contributed by atoms with E-state index in [0.29, 0.717) is 0 Å². The molecular weight excluding hydrogens is 180 g/mol. The van der Waals surface area contributed by atoms with E-state index in [1.54, 1.807) is 0 Å². The lowest BCUT2D eigenvalue weighted by Crippen LogP contribution is -2.05. The highest BCUT2D eigenvalue weighted by Crippen LogP contribution is 2.15. The van der Waals surface area contributed by atoms with E-state index < -0.39 is 10.0 Å². The predicted octanol–water partition coefficient (Wildman–Crippen LogP) is 2.40. The third-order valence-corrected chi connectivity index (χ3v) is 2.77. The average molecular weight is 204 g/mol. The molecule has 1 saturated carbocycles. The fourth-order valence-electron chi connectivity index (χ4n) is 0.715. The molecule has 0 saturated heterocycles. The Bertz CT molecular complexity index is 75.0. The number of rotatable bonds is 6. The summed E-state index contributed by atoms with van der Waals surface area (Å²) in [4.78, 5) is 0. The van der Waals surface area contributed by atoms with E-state index in [9.17, 15) is 0 Å². The van der Waals surface area contributed by atoms with Gasteiger partial charge in [0.05, 0.1) is 0 Å². The fraction of sp³-hybridized carbons (Fsp3) is 1.00. The zero-order valence-corrected chi connectivity index (χ0v) is 10.6. The molecule has 1 rings (SSSR count). The van der Waals surface area contributed by atoms with Gasteiger partial charge in [-0.2, -0.15) is 0 Å². The van der Waals surface area contributed by atoms with E-state index in [1.165, 1.54) is 25.7 Å². The van der Waals surface area contributed by atoms with Crippen LogP contribution in [-0.4, -0.2) is 23.2 Å². The van der Waals surface area contributed by atoms with Crippen molar-refractivity contribution < 1.29 is 8.85 Å². The SMILES string of the molecule is C1CCC1.CCCO[SiH2]OCCC. The number of hydrogen-bond donors (Lipinski definition) is 0.